The average Bonchev–Trinajstić information content (AvgIpc) is 2.36. The van der Waals surface area contributed by atoms with Crippen LogP contribution in [0.3, 0.4) is 0 Å². The zero-order valence-corrected chi connectivity index (χ0v) is 14.5. The fourth-order valence-corrected chi connectivity index (χ4v) is 3.99. The molecule has 0 radical (unpaired) electrons. The van der Waals surface area contributed by atoms with Crippen molar-refractivity contribution < 1.29 is 12.8 Å². The highest BCUT2D eigenvalue weighted by Crippen LogP contribution is 2.23. The van der Waals surface area contributed by atoms with Crippen LogP contribution in [0.2, 0.25) is 0 Å². The molecule has 3 nitrogen and oxygen atoms in total. The van der Waals surface area contributed by atoms with Crippen LogP contribution >= 0.6 is 24.2 Å². The summed E-state index contributed by atoms with van der Waals surface area (Å²) >= 11 is 1.31. The van der Waals surface area contributed by atoms with Crippen LogP contribution in [0.5, 0.6) is 0 Å². The van der Waals surface area contributed by atoms with Gasteiger partial charge in [0.25, 0.3) is 0 Å². The molecule has 1 aromatic rings. The van der Waals surface area contributed by atoms with Crippen molar-refractivity contribution in [3.05, 3.63) is 36.2 Å². The summed E-state index contributed by atoms with van der Waals surface area (Å²) in [7, 11) is -3.23. The number of sulfone groups is 1. The lowest BCUT2D eigenvalue weighted by molar-refractivity contribution is 0.582. The minimum Gasteiger partial charge on any atom is -0.327 e. The standard InChI is InChI=1S/C14H20FNO2S2.ClH/c1-11(2)10-20(17,18)14-5-3-13(4-6-14)19-9-12(15)7-8-16;/h3-7,11H,8-10,16H2,1-2H3;1H/b12-7+;. The number of thioether (sulfide) groups is 1. The van der Waals surface area contributed by atoms with Crippen molar-refractivity contribution in [1.29, 1.82) is 0 Å². The topological polar surface area (TPSA) is 60.2 Å². The monoisotopic (exact) mass is 353 g/mol. The van der Waals surface area contributed by atoms with Crippen molar-refractivity contribution >= 4 is 34.0 Å². The summed E-state index contributed by atoms with van der Waals surface area (Å²) in [5.41, 5.74) is 5.21. The minimum absolute atomic E-state index is 0. The summed E-state index contributed by atoms with van der Waals surface area (Å²) in [5, 5.41) is 0. The molecule has 0 aromatic heterocycles. The van der Waals surface area contributed by atoms with E-state index in [1.165, 1.54) is 17.8 Å². The number of halogens is 2. The minimum atomic E-state index is -3.23. The number of nitrogens with two attached hydrogens (primary N) is 1. The zero-order chi connectivity index (χ0) is 15.2. The molecule has 0 saturated carbocycles. The summed E-state index contributed by atoms with van der Waals surface area (Å²) in [6.07, 6.45) is 1.33. The lowest BCUT2D eigenvalue weighted by Gasteiger charge is -2.07. The Labute approximate surface area is 136 Å². The summed E-state index contributed by atoms with van der Waals surface area (Å²) in [5.74, 6) is 0.154. The summed E-state index contributed by atoms with van der Waals surface area (Å²) < 4.78 is 37.2. The predicted molar refractivity (Wildman–Crippen MR) is 89.6 cm³/mol. The number of hydrogen-bond donors (Lipinski definition) is 1. The van der Waals surface area contributed by atoms with Crippen LogP contribution in [0.4, 0.5) is 4.39 Å². The third kappa shape index (κ3) is 7.31. The van der Waals surface area contributed by atoms with Crippen LogP contribution in [-0.2, 0) is 9.84 Å². The van der Waals surface area contributed by atoms with E-state index in [-0.39, 0.29) is 42.2 Å². The molecule has 0 amide bonds. The van der Waals surface area contributed by atoms with E-state index < -0.39 is 9.84 Å². The van der Waals surface area contributed by atoms with Gasteiger partial charge in [-0.05, 0) is 36.3 Å². The second-order valence-electron chi connectivity index (χ2n) is 4.82. The zero-order valence-electron chi connectivity index (χ0n) is 12.1. The highest BCUT2D eigenvalue weighted by molar-refractivity contribution is 7.99. The highest BCUT2D eigenvalue weighted by Gasteiger charge is 2.16. The van der Waals surface area contributed by atoms with E-state index in [1.807, 2.05) is 13.8 Å². The molecule has 120 valence electrons. The van der Waals surface area contributed by atoms with E-state index in [0.717, 1.165) is 4.90 Å². The number of benzene rings is 1. The second-order valence-corrected chi connectivity index (χ2v) is 7.91. The van der Waals surface area contributed by atoms with E-state index in [1.54, 1.807) is 24.3 Å². The van der Waals surface area contributed by atoms with Gasteiger partial charge in [-0.15, -0.1) is 24.2 Å². The molecular weight excluding hydrogens is 333 g/mol. The highest BCUT2D eigenvalue weighted by atomic mass is 35.5. The fourth-order valence-electron chi connectivity index (χ4n) is 1.62. The number of hydrogen-bond acceptors (Lipinski definition) is 4. The molecule has 7 heteroatoms. The Bertz CT molecular complexity index is 557. The molecule has 0 aliphatic rings. The maximum Gasteiger partial charge on any atom is 0.178 e. The van der Waals surface area contributed by atoms with Crippen molar-refractivity contribution in [2.75, 3.05) is 18.1 Å². The van der Waals surface area contributed by atoms with Crippen LogP contribution in [0.1, 0.15) is 13.8 Å². The molecule has 0 heterocycles. The first-order valence-electron chi connectivity index (χ1n) is 6.35. The van der Waals surface area contributed by atoms with E-state index in [9.17, 15) is 12.8 Å². The van der Waals surface area contributed by atoms with Crippen molar-refractivity contribution in [2.24, 2.45) is 11.7 Å². The summed E-state index contributed by atoms with van der Waals surface area (Å²) in [6.45, 7) is 3.92. The molecule has 0 unspecified atom stereocenters. The molecular formula is C14H21ClFNO2S2. The van der Waals surface area contributed by atoms with Crippen molar-refractivity contribution in [2.45, 2.75) is 23.6 Å². The van der Waals surface area contributed by atoms with Gasteiger partial charge in [0, 0.05) is 17.2 Å². The summed E-state index contributed by atoms with van der Waals surface area (Å²) in [4.78, 5) is 1.14. The Balaban J connectivity index is 0.00000400. The van der Waals surface area contributed by atoms with Crippen LogP contribution in [0.15, 0.2) is 46.0 Å². The Morgan fingerprint density at radius 2 is 1.90 bits per heavy atom. The largest absolute Gasteiger partial charge is 0.327 e. The van der Waals surface area contributed by atoms with Gasteiger partial charge >= 0.3 is 0 Å². The van der Waals surface area contributed by atoms with Crippen LogP contribution in [0.25, 0.3) is 0 Å². The van der Waals surface area contributed by atoms with Gasteiger partial charge in [0.1, 0.15) is 5.83 Å². The first-order valence-corrected chi connectivity index (χ1v) is 8.99. The molecule has 0 aliphatic carbocycles. The molecule has 21 heavy (non-hydrogen) atoms. The molecule has 1 rings (SSSR count). The third-order valence-corrected chi connectivity index (χ3v) is 5.57. The van der Waals surface area contributed by atoms with Gasteiger partial charge < -0.3 is 5.73 Å². The van der Waals surface area contributed by atoms with E-state index >= 15 is 0 Å². The Hall–Kier alpha value is -0.560. The van der Waals surface area contributed by atoms with Crippen LogP contribution in [0, 0.1) is 5.92 Å². The lowest BCUT2D eigenvalue weighted by atomic mass is 10.3. The molecule has 0 bridgehead atoms. The van der Waals surface area contributed by atoms with Gasteiger partial charge in [-0.2, -0.15) is 0 Å². The molecule has 2 N–H and O–H groups in total. The average molecular weight is 354 g/mol. The first kappa shape index (κ1) is 20.4. The van der Waals surface area contributed by atoms with Gasteiger partial charge in [0.05, 0.1) is 10.6 Å². The normalized spacial score (nSPS) is 12.3. The van der Waals surface area contributed by atoms with Crippen molar-refractivity contribution in [3.63, 3.8) is 0 Å². The third-order valence-electron chi connectivity index (χ3n) is 2.45. The Morgan fingerprint density at radius 3 is 2.38 bits per heavy atom. The maximum absolute atomic E-state index is 13.2. The number of rotatable bonds is 7. The quantitative estimate of drug-likeness (QED) is 0.763. The van der Waals surface area contributed by atoms with Crippen LogP contribution in [-0.4, -0.2) is 26.5 Å². The van der Waals surface area contributed by atoms with Crippen molar-refractivity contribution in [1.82, 2.24) is 0 Å². The fraction of sp³-hybridized carbons (Fsp3) is 0.429. The molecule has 1 aromatic carbocycles. The van der Waals surface area contributed by atoms with Gasteiger partial charge in [-0.25, -0.2) is 12.8 Å². The van der Waals surface area contributed by atoms with E-state index in [4.69, 9.17) is 5.73 Å². The molecule has 0 fully saturated rings. The predicted octanol–water partition coefficient (Wildman–Crippen LogP) is 3.44. The molecule has 0 aliphatic heterocycles. The smallest absolute Gasteiger partial charge is 0.178 e. The van der Waals surface area contributed by atoms with E-state index in [0.29, 0.717) is 4.90 Å². The Morgan fingerprint density at radius 1 is 1.33 bits per heavy atom. The van der Waals surface area contributed by atoms with Gasteiger partial charge in [0.15, 0.2) is 9.84 Å². The SMILES string of the molecule is CC(C)CS(=O)(=O)c1ccc(SC/C(F)=C\CN)cc1.Cl. The van der Waals surface area contributed by atoms with Gasteiger partial charge in [-0.1, -0.05) is 13.8 Å². The maximum atomic E-state index is 13.2. The summed E-state index contributed by atoms with van der Waals surface area (Å²) in [6, 6.07) is 6.55. The Kier molecular flexibility index (Phi) is 9.20. The molecule has 0 spiro atoms. The first-order chi connectivity index (χ1) is 9.35. The van der Waals surface area contributed by atoms with Crippen LogP contribution < -0.4 is 5.73 Å². The second kappa shape index (κ2) is 9.46. The lowest BCUT2D eigenvalue weighted by Crippen LogP contribution is -2.11. The van der Waals surface area contributed by atoms with E-state index in [2.05, 4.69) is 0 Å². The molecule has 0 atom stereocenters. The molecule has 0 saturated heterocycles. The van der Waals surface area contributed by atoms with Gasteiger partial charge in [-0.3, -0.25) is 0 Å². The van der Waals surface area contributed by atoms with Crippen molar-refractivity contribution in [3.8, 4) is 0 Å². The van der Waals surface area contributed by atoms with Gasteiger partial charge in [0.2, 0.25) is 0 Å².